The van der Waals surface area contributed by atoms with E-state index in [1.165, 1.54) is 7.11 Å². The van der Waals surface area contributed by atoms with Gasteiger partial charge in [-0.3, -0.25) is 23.4 Å². The summed E-state index contributed by atoms with van der Waals surface area (Å²) in [4.78, 5) is 47.2. The molecule has 196 valence electrons. The van der Waals surface area contributed by atoms with Gasteiger partial charge in [0.2, 0.25) is 17.8 Å². The summed E-state index contributed by atoms with van der Waals surface area (Å²) >= 11 is 0.998. The van der Waals surface area contributed by atoms with Gasteiger partial charge in [0.1, 0.15) is 0 Å². The molecule has 1 heterocycles. The first kappa shape index (κ1) is 30.3. The van der Waals surface area contributed by atoms with Crippen molar-refractivity contribution < 1.29 is 46.8 Å². The number of thioether (sulfide) groups is 1. The van der Waals surface area contributed by atoms with Crippen LogP contribution < -0.4 is 16.4 Å². The second-order valence-corrected chi connectivity index (χ2v) is 11.1. The van der Waals surface area contributed by atoms with Gasteiger partial charge in [-0.15, -0.1) is 0 Å². The maximum atomic E-state index is 12.7. The van der Waals surface area contributed by atoms with Crippen LogP contribution in [0.3, 0.4) is 0 Å². The van der Waals surface area contributed by atoms with E-state index in [9.17, 15) is 23.7 Å². The summed E-state index contributed by atoms with van der Waals surface area (Å²) in [5, 5.41) is 4.74. The fourth-order valence-electron chi connectivity index (χ4n) is 2.44. The van der Waals surface area contributed by atoms with E-state index in [0.29, 0.717) is 5.75 Å². The number of alkyl carbamates (subject to hydrolysis) is 1. The highest BCUT2D eigenvalue weighted by atomic mass is 32.2. The minimum Gasteiger partial charge on any atom is -0.469 e. The molecule has 0 aromatic carbocycles. The summed E-state index contributed by atoms with van der Waals surface area (Å²) in [5.41, 5.74) is 4.90. The van der Waals surface area contributed by atoms with Gasteiger partial charge < -0.3 is 25.8 Å². The molecule has 34 heavy (non-hydrogen) atoms. The summed E-state index contributed by atoms with van der Waals surface area (Å²) < 4.78 is 37.4. The van der Waals surface area contributed by atoms with Crippen molar-refractivity contribution in [1.82, 2.24) is 10.6 Å². The molecule has 0 radical (unpaired) electrons. The third-order valence-corrected chi connectivity index (χ3v) is 6.94. The molecule has 0 spiro atoms. The molecule has 3 atom stereocenters. The van der Waals surface area contributed by atoms with E-state index in [4.69, 9.17) is 24.0 Å². The normalized spacial score (nSPS) is 22.5. The van der Waals surface area contributed by atoms with Crippen LogP contribution in [0.1, 0.15) is 34.1 Å². The molecule has 0 saturated carbocycles. The van der Waals surface area contributed by atoms with Crippen LogP contribution in [-0.4, -0.2) is 74.6 Å². The first-order valence-electron chi connectivity index (χ1n) is 10.6. The maximum absolute atomic E-state index is 12.7. The highest BCUT2D eigenvalue weighted by Gasteiger charge is 2.49. The predicted molar refractivity (Wildman–Crippen MR) is 123 cm³/mol. The molecule has 0 aromatic rings. The number of rotatable bonds is 12. The monoisotopic (exact) mass is 527 g/mol. The van der Waals surface area contributed by atoms with Gasteiger partial charge in [-0.25, -0.2) is 13.9 Å². The Morgan fingerprint density at radius 3 is 2.50 bits per heavy atom. The van der Waals surface area contributed by atoms with E-state index in [1.807, 2.05) is 13.8 Å². The highest BCUT2D eigenvalue weighted by molar-refractivity contribution is 8.13. The Balaban J connectivity index is 2.42. The largest absolute Gasteiger partial charge is 0.478 e. The molecule has 1 aliphatic heterocycles. The molecular weight excluding hydrogens is 493 g/mol. The van der Waals surface area contributed by atoms with Gasteiger partial charge >= 0.3 is 19.9 Å². The molecule has 1 aliphatic rings. The molecule has 0 aromatic heterocycles. The van der Waals surface area contributed by atoms with Crippen molar-refractivity contribution in [3.8, 4) is 0 Å². The number of esters is 1. The van der Waals surface area contributed by atoms with Gasteiger partial charge in [-0.1, -0.05) is 39.5 Å². The van der Waals surface area contributed by atoms with Gasteiger partial charge in [-0.05, 0) is 5.92 Å². The summed E-state index contributed by atoms with van der Waals surface area (Å²) in [6, 6.07) is -0.582. The molecule has 4 N–H and O–H groups in total. The fourth-order valence-corrected chi connectivity index (χ4v) is 4.82. The van der Waals surface area contributed by atoms with Crippen molar-refractivity contribution in [3.05, 3.63) is 0 Å². The summed E-state index contributed by atoms with van der Waals surface area (Å²) in [5.74, 6) is -0.801. The van der Waals surface area contributed by atoms with Crippen LogP contribution in [-0.2, 0) is 42.0 Å². The minimum atomic E-state index is -4.20. The quantitative estimate of drug-likeness (QED) is 0.143. The SMILES string of the molecule is COC(=O)CCNC(=O)[C@@H]1O[P@](=O)(OCOC(=O)NCCSC(=O)C(N)C(C)C)OCC1(C)C. The van der Waals surface area contributed by atoms with E-state index >= 15 is 0 Å². The summed E-state index contributed by atoms with van der Waals surface area (Å²) in [6.07, 6.45) is -2.12. The Hall–Kier alpha value is -1.70. The number of carbonyl (C=O) groups excluding carboxylic acids is 4. The zero-order valence-corrected chi connectivity index (χ0v) is 21.7. The van der Waals surface area contributed by atoms with Gasteiger partial charge in [0.25, 0.3) is 0 Å². The summed E-state index contributed by atoms with van der Waals surface area (Å²) in [6.45, 7) is 6.26. The van der Waals surface area contributed by atoms with Crippen molar-refractivity contribution in [1.29, 1.82) is 0 Å². The van der Waals surface area contributed by atoms with Crippen molar-refractivity contribution >= 4 is 42.7 Å². The lowest BCUT2D eigenvalue weighted by atomic mass is 9.87. The zero-order valence-electron chi connectivity index (χ0n) is 20.0. The van der Waals surface area contributed by atoms with E-state index in [0.717, 1.165) is 11.8 Å². The molecule has 1 fully saturated rings. The van der Waals surface area contributed by atoms with Crippen molar-refractivity contribution in [2.24, 2.45) is 17.1 Å². The lowest BCUT2D eigenvalue weighted by Gasteiger charge is -2.39. The molecular formula is C19H34N3O10PS. The van der Waals surface area contributed by atoms with Crippen LogP contribution in [0, 0.1) is 11.3 Å². The van der Waals surface area contributed by atoms with Crippen LogP contribution in [0.25, 0.3) is 0 Å². The van der Waals surface area contributed by atoms with Crippen LogP contribution in [0.15, 0.2) is 0 Å². The average Bonchev–Trinajstić information content (AvgIpc) is 2.77. The Bertz CT molecular complexity index is 779. The third-order valence-electron chi connectivity index (χ3n) is 4.64. The van der Waals surface area contributed by atoms with Crippen LogP contribution in [0.5, 0.6) is 0 Å². The van der Waals surface area contributed by atoms with Crippen molar-refractivity contribution in [2.45, 2.75) is 46.3 Å². The molecule has 0 aliphatic carbocycles. The number of ether oxygens (including phenoxy) is 2. The van der Waals surface area contributed by atoms with E-state index in [1.54, 1.807) is 13.8 Å². The lowest BCUT2D eigenvalue weighted by molar-refractivity contribution is -0.144. The average molecular weight is 528 g/mol. The van der Waals surface area contributed by atoms with Crippen molar-refractivity contribution in [3.63, 3.8) is 0 Å². The third kappa shape index (κ3) is 10.3. The smallest absolute Gasteiger partial charge is 0.469 e. The minimum absolute atomic E-state index is 0.00400. The Kier molecular flexibility index (Phi) is 12.5. The second-order valence-electron chi connectivity index (χ2n) is 8.35. The number of amides is 2. The molecule has 13 nitrogen and oxygen atoms in total. The number of methoxy groups -OCH3 is 1. The zero-order chi connectivity index (χ0) is 25.9. The van der Waals surface area contributed by atoms with Crippen LogP contribution in [0.4, 0.5) is 4.79 Å². The van der Waals surface area contributed by atoms with Crippen LogP contribution >= 0.6 is 19.6 Å². The number of hydrogen-bond acceptors (Lipinski definition) is 12. The number of nitrogens with one attached hydrogen (secondary N) is 2. The lowest BCUT2D eigenvalue weighted by Crippen LogP contribution is -2.50. The summed E-state index contributed by atoms with van der Waals surface area (Å²) in [7, 11) is -2.97. The second kappa shape index (κ2) is 14.0. The number of carbonyl (C=O) groups is 4. The molecule has 1 saturated heterocycles. The molecule has 15 heteroatoms. The highest BCUT2D eigenvalue weighted by Crippen LogP contribution is 2.57. The van der Waals surface area contributed by atoms with E-state index in [2.05, 4.69) is 15.4 Å². The number of hydrogen-bond donors (Lipinski definition) is 3. The number of phosphoric acid groups is 1. The van der Waals surface area contributed by atoms with Crippen molar-refractivity contribution in [2.75, 3.05) is 39.4 Å². The fraction of sp³-hybridized carbons (Fsp3) is 0.789. The Morgan fingerprint density at radius 1 is 1.21 bits per heavy atom. The van der Waals surface area contributed by atoms with E-state index in [-0.39, 0.29) is 37.2 Å². The standard InChI is InChI=1S/C19H34N3O10PS/c1-12(2)14(20)17(25)34-9-8-22-18(26)29-11-31-33(27)30-10-19(3,4)15(32-33)16(24)21-7-6-13(23)28-5/h12,14-15H,6-11,20H2,1-5H3,(H,21,24)(H,22,26)/t14?,15-,33-/m0/s1. The number of nitrogens with two attached hydrogens (primary N) is 1. The maximum Gasteiger partial charge on any atom is 0.478 e. The topological polar surface area (TPSA) is 182 Å². The first-order valence-corrected chi connectivity index (χ1v) is 13.0. The van der Waals surface area contributed by atoms with Gasteiger partial charge in [-0.2, -0.15) is 0 Å². The molecule has 1 unspecified atom stereocenters. The van der Waals surface area contributed by atoms with Gasteiger partial charge in [0.15, 0.2) is 6.10 Å². The predicted octanol–water partition coefficient (Wildman–Crippen LogP) is 1.16. The van der Waals surface area contributed by atoms with Gasteiger partial charge in [0.05, 0.1) is 26.2 Å². The van der Waals surface area contributed by atoms with Gasteiger partial charge in [0, 0.05) is 24.3 Å². The Morgan fingerprint density at radius 2 is 1.88 bits per heavy atom. The Labute approximate surface area is 203 Å². The molecule has 2 amide bonds. The molecule has 0 bridgehead atoms. The van der Waals surface area contributed by atoms with E-state index < -0.39 is 50.1 Å². The molecule has 1 rings (SSSR count). The number of phosphoric ester groups is 1. The van der Waals surface area contributed by atoms with Crippen LogP contribution in [0.2, 0.25) is 0 Å². The first-order chi connectivity index (χ1) is 15.8.